The van der Waals surface area contributed by atoms with Crippen molar-refractivity contribution in [2.45, 2.75) is 27.7 Å². The predicted octanol–water partition coefficient (Wildman–Crippen LogP) is 2.70. The molecule has 0 atom stereocenters. The summed E-state index contributed by atoms with van der Waals surface area (Å²) in [5, 5.41) is 2.94. The van der Waals surface area contributed by atoms with E-state index in [-0.39, 0.29) is 22.7 Å². The molecular weight excluding hydrogens is 200 g/mol. The van der Waals surface area contributed by atoms with Crippen LogP contribution in [-0.4, -0.2) is 10.9 Å². The largest absolute Gasteiger partial charge is 0.326 e. The van der Waals surface area contributed by atoms with Gasteiger partial charge in [0.2, 0.25) is 5.91 Å². The number of rotatable bonds is 2. The lowest BCUT2D eigenvalue weighted by atomic mass is 10.0. The topological polar surface area (TPSA) is 42.0 Å². The quantitative estimate of drug-likeness (QED) is 0.829. The molecule has 1 amide bonds. The van der Waals surface area contributed by atoms with Crippen LogP contribution in [0, 0.1) is 16.7 Å². The molecular formula is C13H18N2O. The molecule has 3 nitrogen and oxygen atoms in total. The summed E-state index contributed by atoms with van der Waals surface area (Å²) >= 11 is 0. The standard InChI is InChI=1S/C13H18N2O/c1-12(2)10(13(12,3)4)11(16)15-9-5-7-14-8-6-9/h5-8,10H,1-4H3,(H,14,15,16). The zero-order valence-corrected chi connectivity index (χ0v) is 10.2. The number of carbonyl (C=O) groups excluding carboxylic acids is 1. The smallest absolute Gasteiger partial charge is 0.228 e. The van der Waals surface area contributed by atoms with E-state index in [1.807, 2.05) is 0 Å². The molecule has 0 radical (unpaired) electrons. The van der Waals surface area contributed by atoms with Crippen molar-refractivity contribution < 1.29 is 4.79 Å². The maximum absolute atomic E-state index is 12.1. The molecule has 2 rings (SSSR count). The summed E-state index contributed by atoms with van der Waals surface area (Å²) in [6.07, 6.45) is 3.36. The third kappa shape index (κ3) is 1.51. The Bertz CT molecular complexity index is 395. The van der Waals surface area contributed by atoms with Gasteiger partial charge in [-0.05, 0) is 23.0 Å². The minimum atomic E-state index is 0.0874. The molecule has 1 aliphatic rings. The lowest BCUT2D eigenvalue weighted by molar-refractivity contribution is -0.118. The van der Waals surface area contributed by atoms with E-state index in [0.717, 1.165) is 5.69 Å². The Morgan fingerprint density at radius 1 is 1.19 bits per heavy atom. The molecule has 0 unspecified atom stereocenters. The van der Waals surface area contributed by atoms with Gasteiger partial charge in [0.25, 0.3) is 0 Å². The molecule has 0 bridgehead atoms. The number of nitrogens with zero attached hydrogens (tertiary/aromatic N) is 1. The third-order valence-corrected chi connectivity index (χ3v) is 4.23. The molecule has 0 aliphatic heterocycles. The molecule has 0 spiro atoms. The van der Waals surface area contributed by atoms with Crippen molar-refractivity contribution in [3.8, 4) is 0 Å². The number of amides is 1. The van der Waals surface area contributed by atoms with Gasteiger partial charge in [-0.2, -0.15) is 0 Å². The average molecular weight is 218 g/mol. The number of hydrogen-bond acceptors (Lipinski definition) is 2. The Hall–Kier alpha value is -1.38. The number of pyridine rings is 1. The highest BCUT2D eigenvalue weighted by atomic mass is 16.2. The Labute approximate surface area is 96.3 Å². The van der Waals surface area contributed by atoms with E-state index in [2.05, 4.69) is 38.0 Å². The summed E-state index contributed by atoms with van der Waals surface area (Å²) in [6.45, 7) is 8.57. The highest BCUT2D eigenvalue weighted by molar-refractivity contribution is 5.95. The first kappa shape index (κ1) is 11.1. The molecule has 1 N–H and O–H groups in total. The number of carbonyl (C=O) groups is 1. The normalized spacial score (nSPS) is 21.5. The maximum Gasteiger partial charge on any atom is 0.228 e. The van der Waals surface area contributed by atoms with E-state index in [1.165, 1.54) is 0 Å². The van der Waals surface area contributed by atoms with Crippen LogP contribution in [-0.2, 0) is 4.79 Å². The molecule has 16 heavy (non-hydrogen) atoms. The van der Waals surface area contributed by atoms with Crippen molar-refractivity contribution in [1.29, 1.82) is 0 Å². The van der Waals surface area contributed by atoms with Crippen molar-refractivity contribution in [3.05, 3.63) is 24.5 Å². The number of aromatic nitrogens is 1. The van der Waals surface area contributed by atoms with Crippen LogP contribution in [0.2, 0.25) is 0 Å². The van der Waals surface area contributed by atoms with Crippen molar-refractivity contribution in [3.63, 3.8) is 0 Å². The SMILES string of the molecule is CC1(C)C(C(=O)Nc2ccncc2)C1(C)C. The van der Waals surface area contributed by atoms with Gasteiger partial charge in [0, 0.05) is 24.0 Å². The monoisotopic (exact) mass is 218 g/mol. The van der Waals surface area contributed by atoms with Crippen LogP contribution in [0.25, 0.3) is 0 Å². The average Bonchev–Trinajstić information content (AvgIpc) is 2.58. The molecule has 0 saturated heterocycles. The van der Waals surface area contributed by atoms with Crippen LogP contribution in [0.15, 0.2) is 24.5 Å². The summed E-state index contributed by atoms with van der Waals surface area (Å²) in [7, 11) is 0. The van der Waals surface area contributed by atoms with Crippen LogP contribution in [0.4, 0.5) is 5.69 Å². The van der Waals surface area contributed by atoms with Crippen LogP contribution < -0.4 is 5.32 Å². The Morgan fingerprint density at radius 3 is 2.12 bits per heavy atom. The molecule has 1 aromatic heterocycles. The summed E-state index contributed by atoms with van der Waals surface area (Å²) in [4.78, 5) is 16.0. The summed E-state index contributed by atoms with van der Waals surface area (Å²) in [5.74, 6) is 0.203. The van der Waals surface area contributed by atoms with Gasteiger partial charge >= 0.3 is 0 Å². The van der Waals surface area contributed by atoms with E-state index >= 15 is 0 Å². The second-order valence-corrected chi connectivity index (χ2v) is 5.60. The highest BCUT2D eigenvalue weighted by Gasteiger charge is 2.68. The van der Waals surface area contributed by atoms with Crippen LogP contribution in [0.1, 0.15) is 27.7 Å². The predicted molar refractivity (Wildman–Crippen MR) is 63.9 cm³/mol. The Balaban J connectivity index is 2.07. The van der Waals surface area contributed by atoms with E-state index < -0.39 is 0 Å². The van der Waals surface area contributed by atoms with Gasteiger partial charge in [0.1, 0.15) is 0 Å². The third-order valence-electron chi connectivity index (χ3n) is 4.23. The van der Waals surface area contributed by atoms with E-state index in [4.69, 9.17) is 0 Å². The number of anilines is 1. The van der Waals surface area contributed by atoms with Crippen molar-refractivity contribution >= 4 is 11.6 Å². The first-order valence-electron chi connectivity index (χ1n) is 5.58. The summed E-state index contributed by atoms with van der Waals surface area (Å²) in [6, 6.07) is 3.61. The maximum atomic E-state index is 12.1. The number of nitrogens with one attached hydrogen (secondary N) is 1. The Morgan fingerprint density at radius 2 is 1.69 bits per heavy atom. The van der Waals surface area contributed by atoms with E-state index in [0.29, 0.717) is 0 Å². The minimum Gasteiger partial charge on any atom is -0.326 e. The van der Waals surface area contributed by atoms with Gasteiger partial charge < -0.3 is 5.32 Å². The molecule has 1 aromatic rings. The molecule has 1 heterocycles. The van der Waals surface area contributed by atoms with E-state index in [9.17, 15) is 4.79 Å². The van der Waals surface area contributed by atoms with Gasteiger partial charge in [-0.15, -0.1) is 0 Å². The van der Waals surface area contributed by atoms with Gasteiger partial charge in [-0.25, -0.2) is 0 Å². The fraction of sp³-hybridized carbons (Fsp3) is 0.538. The highest BCUT2D eigenvalue weighted by Crippen LogP contribution is 2.68. The Kier molecular flexibility index (Phi) is 2.30. The molecule has 1 saturated carbocycles. The van der Waals surface area contributed by atoms with Crippen LogP contribution in [0.5, 0.6) is 0 Å². The summed E-state index contributed by atoms with van der Waals surface area (Å²) < 4.78 is 0. The van der Waals surface area contributed by atoms with Gasteiger partial charge in [-0.3, -0.25) is 9.78 Å². The lowest BCUT2D eigenvalue weighted by Gasteiger charge is -2.05. The molecule has 86 valence electrons. The summed E-state index contributed by atoms with van der Waals surface area (Å²) in [5.41, 5.74) is 0.993. The van der Waals surface area contributed by atoms with Gasteiger partial charge in [0.15, 0.2) is 0 Å². The molecule has 1 fully saturated rings. The second-order valence-electron chi connectivity index (χ2n) is 5.60. The van der Waals surface area contributed by atoms with E-state index in [1.54, 1.807) is 24.5 Å². The van der Waals surface area contributed by atoms with Gasteiger partial charge in [-0.1, -0.05) is 27.7 Å². The molecule has 0 aromatic carbocycles. The van der Waals surface area contributed by atoms with Crippen LogP contribution in [0.3, 0.4) is 0 Å². The van der Waals surface area contributed by atoms with Crippen molar-refractivity contribution in [2.75, 3.05) is 5.32 Å². The second kappa shape index (κ2) is 3.30. The molecule has 1 aliphatic carbocycles. The van der Waals surface area contributed by atoms with Crippen LogP contribution >= 0.6 is 0 Å². The fourth-order valence-corrected chi connectivity index (χ4v) is 2.50. The van der Waals surface area contributed by atoms with Gasteiger partial charge in [0.05, 0.1) is 0 Å². The van der Waals surface area contributed by atoms with Crippen molar-refractivity contribution in [2.24, 2.45) is 16.7 Å². The minimum absolute atomic E-state index is 0.0874. The van der Waals surface area contributed by atoms with Crippen molar-refractivity contribution in [1.82, 2.24) is 4.98 Å². The first-order chi connectivity index (χ1) is 7.37. The molecule has 3 heteroatoms. The zero-order chi connectivity index (χ0) is 12.0. The zero-order valence-electron chi connectivity index (χ0n) is 10.2. The first-order valence-corrected chi connectivity index (χ1v) is 5.58. The lowest BCUT2D eigenvalue weighted by Crippen LogP contribution is -2.17. The fourth-order valence-electron chi connectivity index (χ4n) is 2.50. The number of hydrogen-bond donors (Lipinski definition) is 1.